The van der Waals surface area contributed by atoms with Crippen LogP contribution in [0.1, 0.15) is 17.3 Å². The second kappa shape index (κ2) is 5.14. The topological polar surface area (TPSA) is 63.6 Å². The third kappa shape index (κ3) is 2.80. The van der Waals surface area contributed by atoms with Crippen molar-refractivity contribution in [2.45, 2.75) is 6.92 Å². The maximum Gasteiger partial charge on any atom is 0.175 e. The number of nitroso groups, excluding NO2 is 1. The van der Waals surface area contributed by atoms with Gasteiger partial charge in [0.05, 0.1) is 6.54 Å². The van der Waals surface area contributed by atoms with Gasteiger partial charge in [-0.2, -0.15) is 4.91 Å². The molecule has 1 rings (SSSR count). The Hall–Kier alpha value is -1.84. The van der Waals surface area contributed by atoms with Gasteiger partial charge in [-0.15, -0.1) is 0 Å². The van der Waals surface area contributed by atoms with Gasteiger partial charge in [-0.05, 0) is 6.92 Å². The van der Waals surface area contributed by atoms with E-state index < -0.39 is 5.92 Å². The average molecular weight is 205 g/mol. The molecule has 0 fully saturated rings. The van der Waals surface area contributed by atoms with Gasteiger partial charge in [-0.25, -0.2) is 0 Å². The van der Waals surface area contributed by atoms with Crippen LogP contribution in [0.25, 0.3) is 0 Å². The van der Waals surface area contributed by atoms with E-state index in [0.717, 1.165) is 0 Å². The molecule has 4 heteroatoms. The van der Waals surface area contributed by atoms with Gasteiger partial charge >= 0.3 is 0 Å². The average Bonchev–Trinajstić information content (AvgIpc) is 2.26. The van der Waals surface area contributed by atoms with Crippen LogP contribution in [0.3, 0.4) is 0 Å². The molecule has 4 nitrogen and oxygen atoms in total. The first-order valence-electron chi connectivity index (χ1n) is 4.55. The first kappa shape index (κ1) is 11.2. The van der Waals surface area contributed by atoms with E-state index in [0.29, 0.717) is 5.56 Å². The van der Waals surface area contributed by atoms with Gasteiger partial charge < -0.3 is 0 Å². The Balaban J connectivity index is 2.91. The van der Waals surface area contributed by atoms with E-state index in [9.17, 15) is 14.5 Å². The van der Waals surface area contributed by atoms with E-state index in [1.54, 1.807) is 30.3 Å². The number of benzene rings is 1. The minimum Gasteiger partial charge on any atom is -0.299 e. The molecular formula is C11H11NO3. The molecule has 15 heavy (non-hydrogen) atoms. The van der Waals surface area contributed by atoms with Crippen molar-refractivity contribution in [1.82, 2.24) is 0 Å². The molecule has 1 unspecified atom stereocenters. The van der Waals surface area contributed by atoms with Gasteiger partial charge in [0, 0.05) is 5.56 Å². The lowest BCUT2D eigenvalue weighted by molar-refractivity contribution is -0.119. The van der Waals surface area contributed by atoms with Gasteiger partial charge in [-0.3, -0.25) is 9.59 Å². The molecular weight excluding hydrogens is 194 g/mol. The van der Waals surface area contributed by atoms with E-state index in [-0.39, 0.29) is 18.1 Å². The van der Waals surface area contributed by atoms with Crippen molar-refractivity contribution in [3.8, 4) is 0 Å². The Kier molecular flexibility index (Phi) is 3.85. The number of hydrogen-bond acceptors (Lipinski definition) is 4. The summed E-state index contributed by atoms with van der Waals surface area (Å²) >= 11 is 0. The number of nitrogens with zero attached hydrogens (tertiary/aromatic N) is 1. The highest BCUT2D eigenvalue weighted by Gasteiger charge is 2.24. The second-order valence-corrected chi connectivity index (χ2v) is 3.21. The fraction of sp³-hybridized carbons (Fsp3) is 0.273. The van der Waals surface area contributed by atoms with Gasteiger partial charge in [0.15, 0.2) is 5.78 Å². The Morgan fingerprint density at radius 2 is 1.87 bits per heavy atom. The van der Waals surface area contributed by atoms with E-state index >= 15 is 0 Å². The smallest absolute Gasteiger partial charge is 0.175 e. The zero-order chi connectivity index (χ0) is 11.3. The molecule has 0 aromatic heterocycles. The number of hydrogen-bond donors (Lipinski definition) is 0. The fourth-order valence-corrected chi connectivity index (χ4v) is 1.27. The normalized spacial score (nSPS) is 11.8. The summed E-state index contributed by atoms with van der Waals surface area (Å²) < 4.78 is 0. The summed E-state index contributed by atoms with van der Waals surface area (Å²) in [5.41, 5.74) is 0.432. The van der Waals surface area contributed by atoms with Crippen LogP contribution >= 0.6 is 0 Å². The molecule has 0 aliphatic rings. The summed E-state index contributed by atoms with van der Waals surface area (Å²) in [4.78, 5) is 33.0. The lowest BCUT2D eigenvalue weighted by Crippen LogP contribution is -2.24. The molecule has 0 saturated heterocycles. The van der Waals surface area contributed by atoms with Crippen LogP contribution < -0.4 is 0 Å². The zero-order valence-corrected chi connectivity index (χ0v) is 8.34. The van der Waals surface area contributed by atoms with Crippen LogP contribution in [0.4, 0.5) is 0 Å². The largest absolute Gasteiger partial charge is 0.299 e. The molecule has 0 spiro atoms. The molecule has 0 aliphatic carbocycles. The van der Waals surface area contributed by atoms with Crippen LogP contribution in [0.5, 0.6) is 0 Å². The maximum atomic E-state index is 11.8. The Labute approximate surface area is 87.3 Å². The molecule has 1 aromatic rings. The first-order valence-corrected chi connectivity index (χ1v) is 4.55. The SMILES string of the molecule is CC(=O)C(CN=O)C(=O)c1ccccc1. The third-order valence-electron chi connectivity index (χ3n) is 2.12. The number of ketones is 2. The van der Waals surface area contributed by atoms with E-state index in [1.807, 2.05) is 0 Å². The monoisotopic (exact) mass is 205 g/mol. The molecule has 0 radical (unpaired) electrons. The van der Waals surface area contributed by atoms with Crippen LogP contribution in [0.2, 0.25) is 0 Å². The van der Waals surface area contributed by atoms with Gasteiger partial charge in [0.1, 0.15) is 11.7 Å². The number of carbonyl (C=O) groups is 2. The molecule has 1 aromatic carbocycles. The second-order valence-electron chi connectivity index (χ2n) is 3.21. The lowest BCUT2D eigenvalue weighted by Gasteiger charge is -2.07. The minimum atomic E-state index is -0.940. The van der Waals surface area contributed by atoms with Gasteiger partial charge in [-0.1, -0.05) is 35.5 Å². The van der Waals surface area contributed by atoms with Crippen molar-refractivity contribution in [3.63, 3.8) is 0 Å². The summed E-state index contributed by atoms with van der Waals surface area (Å²) in [5, 5.41) is 2.61. The highest BCUT2D eigenvalue weighted by molar-refractivity contribution is 6.10. The van der Waals surface area contributed by atoms with E-state index in [4.69, 9.17) is 0 Å². The van der Waals surface area contributed by atoms with Crippen molar-refractivity contribution in [1.29, 1.82) is 0 Å². The standard InChI is InChI=1S/C11H11NO3/c1-8(13)10(7-12-15)11(14)9-5-3-2-4-6-9/h2-6,10H,7H2,1H3. The summed E-state index contributed by atoms with van der Waals surface area (Å²) in [6.45, 7) is 1.000. The van der Waals surface area contributed by atoms with Gasteiger partial charge in [0.25, 0.3) is 0 Å². The molecule has 0 saturated carbocycles. The molecule has 78 valence electrons. The van der Waals surface area contributed by atoms with Crippen LogP contribution in [-0.4, -0.2) is 18.1 Å². The Morgan fingerprint density at radius 1 is 1.27 bits per heavy atom. The third-order valence-corrected chi connectivity index (χ3v) is 2.12. The molecule has 0 aliphatic heterocycles. The summed E-state index contributed by atoms with van der Waals surface area (Å²) in [6.07, 6.45) is 0. The predicted octanol–water partition coefficient (Wildman–Crippen LogP) is 1.84. The van der Waals surface area contributed by atoms with Crippen molar-refractivity contribution in [2.24, 2.45) is 11.1 Å². The quantitative estimate of drug-likeness (QED) is 0.418. The molecule has 0 amide bonds. The van der Waals surface area contributed by atoms with Crippen molar-refractivity contribution >= 4 is 11.6 Å². The van der Waals surface area contributed by atoms with Crippen molar-refractivity contribution in [2.75, 3.05) is 6.54 Å². The lowest BCUT2D eigenvalue weighted by atomic mass is 9.94. The molecule has 0 N–H and O–H groups in total. The number of rotatable bonds is 5. The van der Waals surface area contributed by atoms with Crippen LogP contribution in [0, 0.1) is 10.8 Å². The highest BCUT2D eigenvalue weighted by Crippen LogP contribution is 2.10. The first-order chi connectivity index (χ1) is 7.16. The molecule has 0 bridgehead atoms. The molecule has 0 heterocycles. The minimum absolute atomic E-state index is 0.289. The van der Waals surface area contributed by atoms with E-state index in [1.165, 1.54) is 6.92 Å². The Morgan fingerprint density at radius 3 is 2.33 bits per heavy atom. The summed E-state index contributed by atoms with van der Waals surface area (Å²) in [5.74, 6) is -1.61. The van der Waals surface area contributed by atoms with Crippen LogP contribution in [-0.2, 0) is 4.79 Å². The predicted molar refractivity (Wildman–Crippen MR) is 55.6 cm³/mol. The highest BCUT2D eigenvalue weighted by atomic mass is 16.3. The van der Waals surface area contributed by atoms with Crippen molar-refractivity contribution < 1.29 is 9.59 Å². The summed E-state index contributed by atoms with van der Waals surface area (Å²) in [6, 6.07) is 8.42. The molecule has 1 atom stereocenters. The number of Topliss-reactive ketones (excluding diaryl/α,β-unsaturated/α-hetero) is 2. The summed E-state index contributed by atoms with van der Waals surface area (Å²) in [7, 11) is 0. The fourth-order valence-electron chi connectivity index (χ4n) is 1.27. The van der Waals surface area contributed by atoms with Crippen molar-refractivity contribution in [3.05, 3.63) is 40.8 Å². The zero-order valence-electron chi connectivity index (χ0n) is 8.34. The Bertz CT molecular complexity index is 373. The van der Waals surface area contributed by atoms with Gasteiger partial charge in [0.2, 0.25) is 0 Å². The van der Waals surface area contributed by atoms with Crippen LogP contribution in [0.15, 0.2) is 35.5 Å². The maximum absolute atomic E-state index is 11.8. The number of carbonyl (C=O) groups excluding carboxylic acids is 2. The van der Waals surface area contributed by atoms with E-state index in [2.05, 4.69) is 5.18 Å².